The van der Waals surface area contributed by atoms with Gasteiger partial charge in [-0.15, -0.1) is 0 Å². The van der Waals surface area contributed by atoms with Gasteiger partial charge >= 0.3 is 6.09 Å². The molecule has 0 aromatic heterocycles. The van der Waals surface area contributed by atoms with Crippen LogP contribution in [-0.4, -0.2) is 41.4 Å². The molecule has 3 rings (SSSR count). The number of hydrogen-bond acceptors (Lipinski definition) is 4. The average Bonchev–Trinajstić information content (AvgIpc) is 2.85. The fourth-order valence-electron chi connectivity index (χ4n) is 3.94. The SMILES string of the molecule is CCCOc1cc(C)ccc1O[C@H]1C[C@H]2CC[C@@H](C1)N2C(=O)OC(C)Cl. The number of carbonyl (C=O) groups is 1. The zero-order valence-electron chi connectivity index (χ0n) is 15.7. The summed E-state index contributed by atoms with van der Waals surface area (Å²) in [6.45, 7) is 6.47. The first-order chi connectivity index (χ1) is 12.5. The van der Waals surface area contributed by atoms with Gasteiger partial charge in [-0.1, -0.05) is 24.6 Å². The molecule has 2 fully saturated rings. The second kappa shape index (κ2) is 8.38. The van der Waals surface area contributed by atoms with Crippen LogP contribution in [0.5, 0.6) is 11.5 Å². The summed E-state index contributed by atoms with van der Waals surface area (Å²) in [6.07, 6.45) is 4.33. The number of alkyl halides is 1. The average molecular weight is 382 g/mol. The zero-order chi connectivity index (χ0) is 18.7. The molecule has 144 valence electrons. The predicted octanol–water partition coefficient (Wildman–Crippen LogP) is 4.88. The van der Waals surface area contributed by atoms with Crippen molar-refractivity contribution in [3.8, 4) is 11.5 Å². The largest absolute Gasteiger partial charge is 0.490 e. The van der Waals surface area contributed by atoms with Gasteiger partial charge in [-0.25, -0.2) is 4.79 Å². The van der Waals surface area contributed by atoms with Gasteiger partial charge in [0.15, 0.2) is 17.1 Å². The molecule has 0 spiro atoms. The van der Waals surface area contributed by atoms with Crippen LogP contribution in [0, 0.1) is 6.92 Å². The summed E-state index contributed by atoms with van der Waals surface area (Å²) in [7, 11) is 0. The molecule has 0 aliphatic carbocycles. The first-order valence-corrected chi connectivity index (χ1v) is 9.94. The molecule has 5 nitrogen and oxygen atoms in total. The minimum absolute atomic E-state index is 0.0802. The van der Waals surface area contributed by atoms with Crippen molar-refractivity contribution in [2.75, 3.05) is 6.61 Å². The number of benzene rings is 1. The van der Waals surface area contributed by atoms with E-state index in [1.165, 1.54) is 0 Å². The van der Waals surface area contributed by atoms with Crippen molar-refractivity contribution >= 4 is 17.7 Å². The number of halogens is 1. The van der Waals surface area contributed by atoms with Crippen molar-refractivity contribution in [2.24, 2.45) is 0 Å². The lowest BCUT2D eigenvalue weighted by molar-refractivity contribution is 0.0295. The predicted molar refractivity (Wildman–Crippen MR) is 101 cm³/mol. The number of aryl methyl sites for hydroxylation is 1. The summed E-state index contributed by atoms with van der Waals surface area (Å²) in [5.41, 5.74) is 0.540. The van der Waals surface area contributed by atoms with Crippen LogP contribution in [0.3, 0.4) is 0 Å². The molecule has 1 aromatic rings. The third-order valence-electron chi connectivity index (χ3n) is 5.02. The normalized spacial score (nSPS) is 25.7. The van der Waals surface area contributed by atoms with Crippen LogP contribution in [0.2, 0.25) is 0 Å². The third-order valence-corrected chi connectivity index (χ3v) is 5.11. The summed E-state index contributed by atoms with van der Waals surface area (Å²) >= 11 is 5.81. The fourth-order valence-corrected chi connectivity index (χ4v) is 4.01. The minimum atomic E-state index is -0.610. The molecule has 26 heavy (non-hydrogen) atoms. The minimum Gasteiger partial charge on any atom is -0.490 e. The molecule has 2 aliphatic heterocycles. The van der Waals surface area contributed by atoms with Crippen molar-refractivity contribution in [1.29, 1.82) is 0 Å². The number of carbonyl (C=O) groups excluding carboxylic acids is 1. The van der Waals surface area contributed by atoms with E-state index in [1.54, 1.807) is 6.92 Å². The van der Waals surface area contributed by atoms with Gasteiger partial charge in [-0.2, -0.15) is 0 Å². The Morgan fingerprint density at radius 2 is 1.96 bits per heavy atom. The molecule has 1 aromatic carbocycles. The first-order valence-electron chi connectivity index (χ1n) is 9.51. The van der Waals surface area contributed by atoms with Crippen molar-refractivity contribution < 1.29 is 19.0 Å². The van der Waals surface area contributed by atoms with Crippen LogP contribution >= 0.6 is 11.6 Å². The molecule has 0 radical (unpaired) electrons. The Balaban J connectivity index is 1.66. The van der Waals surface area contributed by atoms with E-state index in [2.05, 4.69) is 6.92 Å². The number of hydrogen-bond donors (Lipinski definition) is 0. The van der Waals surface area contributed by atoms with Crippen molar-refractivity contribution in [2.45, 2.75) is 76.6 Å². The number of nitrogens with zero attached hydrogens (tertiary/aromatic N) is 1. The van der Waals surface area contributed by atoms with Crippen molar-refractivity contribution in [1.82, 2.24) is 4.90 Å². The maximum absolute atomic E-state index is 12.3. The lowest BCUT2D eigenvalue weighted by Gasteiger charge is -2.38. The van der Waals surface area contributed by atoms with Crippen LogP contribution in [0.15, 0.2) is 18.2 Å². The van der Waals surface area contributed by atoms with Crippen LogP contribution in [0.25, 0.3) is 0 Å². The second-order valence-electron chi connectivity index (χ2n) is 7.23. The third kappa shape index (κ3) is 4.37. The molecular weight excluding hydrogens is 354 g/mol. The van der Waals surface area contributed by atoms with E-state index < -0.39 is 5.56 Å². The van der Waals surface area contributed by atoms with E-state index in [9.17, 15) is 4.79 Å². The molecule has 0 N–H and O–H groups in total. The summed E-state index contributed by atoms with van der Waals surface area (Å²) in [6, 6.07) is 6.36. The van der Waals surface area contributed by atoms with Gasteiger partial charge in [0, 0.05) is 24.9 Å². The van der Waals surface area contributed by atoms with Crippen LogP contribution in [0.4, 0.5) is 4.79 Å². The summed E-state index contributed by atoms with van der Waals surface area (Å²) in [5.74, 6) is 1.59. The van der Waals surface area contributed by atoms with Crippen molar-refractivity contribution in [3.05, 3.63) is 23.8 Å². The van der Waals surface area contributed by atoms with E-state index in [-0.39, 0.29) is 24.3 Å². The molecule has 1 amide bonds. The molecular formula is C20H28ClNO4. The molecule has 1 unspecified atom stereocenters. The van der Waals surface area contributed by atoms with Gasteiger partial charge in [0.05, 0.1) is 6.61 Å². The number of amides is 1. The molecule has 0 saturated carbocycles. The highest BCUT2D eigenvalue weighted by atomic mass is 35.5. The molecule has 6 heteroatoms. The first kappa shape index (κ1) is 19.2. The highest BCUT2D eigenvalue weighted by Crippen LogP contribution is 2.39. The number of piperidine rings is 1. The Morgan fingerprint density at radius 3 is 2.58 bits per heavy atom. The van der Waals surface area contributed by atoms with Gasteiger partial charge < -0.3 is 19.1 Å². The summed E-state index contributed by atoms with van der Waals surface area (Å²) < 4.78 is 17.3. The molecule has 2 aliphatic rings. The number of ether oxygens (including phenoxy) is 3. The summed E-state index contributed by atoms with van der Waals surface area (Å²) in [4.78, 5) is 14.2. The standard InChI is InChI=1S/C20H28ClNO4/c1-4-9-24-19-10-13(2)5-8-18(19)26-17-11-15-6-7-16(12-17)22(15)20(23)25-14(3)21/h5,8,10,14-17H,4,6-7,9,11-12H2,1-3H3/t14?,15-,16+,17+. The molecule has 2 heterocycles. The van der Waals surface area contributed by atoms with Crippen molar-refractivity contribution in [3.63, 3.8) is 0 Å². The van der Waals surface area contributed by atoms with Gasteiger partial charge in [-0.3, -0.25) is 0 Å². The van der Waals surface area contributed by atoms with Gasteiger partial charge in [-0.05, 0) is 50.8 Å². The lowest BCUT2D eigenvalue weighted by atomic mass is 10.00. The van der Waals surface area contributed by atoms with E-state index >= 15 is 0 Å². The Hall–Kier alpha value is -1.62. The highest BCUT2D eigenvalue weighted by molar-refractivity contribution is 6.19. The monoisotopic (exact) mass is 381 g/mol. The van der Waals surface area contributed by atoms with E-state index in [1.807, 2.05) is 30.0 Å². The Morgan fingerprint density at radius 1 is 1.27 bits per heavy atom. The van der Waals surface area contributed by atoms with Gasteiger partial charge in [0.2, 0.25) is 0 Å². The van der Waals surface area contributed by atoms with E-state index in [0.29, 0.717) is 6.61 Å². The van der Waals surface area contributed by atoms with Crippen LogP contribution in [0.1, 0.15) is 51.5 Å². The summed E-state index contributed by atoms with van der Waals surface area (Å²) in [5, 5.41) is 0. The van der Waals surface area contributed by atoms with Crippen LogP contribution < -0.4 is 9.47 Å². The lowest BCUT2D eigenvalue weighted by Crippen LogP contribution is -2.49. The maximum Gasteiger partial charge on any atom is 0.411 e. The van der Waals surface area contributed by atoms with Gasteiger partial charge in [0.25, 0.3) is 0 Å². The highest BCUT2D eigenvalue weighted by Gasteiger charge is 2.45. The molecule has 4 atom stereocenters. The van der Waals surface area contributed by atoms with E-state index in [0.717, 1.165) is 49.2 Å². The smallest absolute Gasteiger partial charge is 0.411 e. The molecule has 2 bridgehead atoms. The molecule has 2 saturated heterocycles. The topological polar surface area (TPSA) is 48.0 Å². The quantitative estimate of drug-likeness (QED) is 0.659. The second-order valence-corrected chi connectivity index (χ2v) is 7.84. The number of fused-ring (bicyclic) bond motifs is 2. The number of rotatable bonds is 6. The fraction of sp³-hybridized carbons (Fsp3) is 0.650. The zero-order valence-corrected chi connectivity index (χ0v) is 16.5. The Labute approximate surface area is 160 Å². The maximum atomic E-state index is 12.3. The Kier molecular flexibility index (Phi) is 6.17. The van der Waals surface area contributed by atoms with Gasteiger partial charge in [0.1, 0.15) is 6.10 Å². The van der Waals surface area contributed by atoms with Crippen LogP contribution in [-0.2, 0) is 4.74 Å². The Bertz CT molecular complexity index is 622. The van der Waals surface area contributed by atoms with E-state index in [4.69, 9.17) is 25.8 Å².